The quantitative estimate of drug-likeness (QED) is 0.489. The Hall–Kier alpha value is -1.31. The summed E-state index contributed by atoms with van der Waals surface area (Å²) in [5, 5.41) is 6.34. The summed E-state index contributed by atoms with van der Waals surface area (Å²) in [7, 11) is -2.96. The van der Waals surface area contributed by atoms with Crippen LogP contribution in [0, 0.1) is 5.92 Å². The first-order valence-corrected chi connectivity index (χ1v) is 11.3. The van der Waals surface area contributed by atoms with Gasteiger partial charge in [0, 0.05) is 38.4 Å². The molecule has 0 aromatic rings. The van der Waals surface area contributed by atoms with Crippen molar-refractivity contribution in [1.82, 2.24) is 15.5 Å². The highest BCUT2D eigenvalue weighted by Crippen LogP contribution is 2.16. The lowest BCUT2D eigenvalue weighted by Gasteiger charge is -2.30. The van der Waals surface area contributed by atoms with Gasteiger partial charge in [-0.1, -0.05) is 6.92 Å². The van der Waals surface area contributed by atoms with Gasteiger partial charge in [0.1, 0.15) is 9.84 Å². The molecule has 2 unspecified atom stereocenters. The molecule has 1 amide bonds. The molecule has 1 aliphatic rings. The summed E-state index contributed by atoms with van der Waals surface area (Å²) in [5.41, 5.74) is 0. The van der Waals surface area contributed by atoms with Crippen molar-refractivity contribution >= 4 is 21.7 Å². The van der Waals surface area contributed by atoms with Crippen LogP contribution < -0.4 is 10.6 Å². The molecule has 25 heavy (non-hydrogen) atoms. The molecule has 0 saturated carbocycles. The maximum absolute atomic E-state index is 12.3. The number of carbonyl (C=O) groups excluding carboxylic acids is 1. The fraction of sp³-hybridized carbons (Fsp3) is 0.882. The lowest BCUT2D eigenvalue weighted by atomic mass is 10.00. The second kappa shape index (κ2) is 10.6. The Morgan fingerprint density at radius 2 is 2.12 bits per heavy atom. The molecule has 0 radical (unpaired) electrons. The lowest BCUT2D eigenvalue weighted by Crippen LogP contribution is -2.43. The first kappa shape index (κ1) is 21.7. The Kier molecular flexibility index (Phi) is 9.24. The molecule has 7 nitrogen and oxygen atoms in total. The van der Waals surface area contributed by atoms with Crippen molar-refractivity contribution in [3.63, 3.8) is 0 Å². The van der Waals surface area contributed by atoms with Crippen LogP contribution in [-0.4, -0.2) is 69.4 Å². The first-order valence-electron chi connectivity index (χ1n) is 9.21. The molecule has 0 spiro atoms. The van der Waals surface area contributed by atoms with Crippen LogP contribution >= 0.6 is 0 Å². The summed E-state index contributed by atoms with van der Waals surface area (Å²) in [6, 6.07) is -0.00818. The van der Waals surface area contributed by atoms with E-state index in [2.05, 4.69) is 22.5 Å². The number of sulfone groups is 1. The van der Waals surface area contributed by atoms with Crippen LogP contribution in [0.2, 0.25) is 0 Å². The van der Waals surface area contributed by atoms with Gasteiger partial charge in [-0.25, -0.2) is 8.42 Å². The minimum absolute atomic E-state index is 0.00818. The Labute approximate surface area is 152 Å². The van der Waals surface area contributed by atoms with Gasteiger partial charge >= 0.3 is 0 Å². The van der Waals surface area contributed by atoms with E-state index in [1.54, 1.807) is 0 Å². The summed E-state index contributed by atoms with van der Waals surface area (Å²) in [6.07, 6.45) is 4.45. The van der Waals surface area contributed by atoms with E-state index in [1.165, 1.54) is 12.7 Å². The molecule has 1 heterocycles. The highest BCUT2D eigenvalue weighted by molar-refractivity contribution is 7.90. The molecule has 0 aromatic carbocycles. The predicted octanol–water partition coefficient (Wildman–Crippen LogP) is 1.01. The minimum atomic E-state index is -2.96. The Morgan fingerprint density at radius 3 is 2.72 bits per heavy atom. The second-order valence-corrected chi connectivity index (χ2v) is 9.32. The molecular formula is C17H34N4O3S. The number of hydrogen-bond donors (Lipinski definition) is 2. The van der Waals surface area contributed by atoms with E-state index in [0.717, 1.165) is 19.5 Å². The fourth-order valence-corrected chi connectivity index (χ4v) is 3.64. The van der Waals surface area contributed by atoms with E-state index in [4.69, 9.17) is 0 Å². The number of nitrogens with one attached hydrogen (secondary N) is 2. The lowest BCUT2D eigenvalue weighted by molar-refractivity contribution is -0.132. The molecule has 2 N–H and O–H groups in total. The van der Waals surface area contributed by atoms with Crippen molar-refractivity contribution in [2.75, 3.05) is 38.2 Å². The SMILES string of the molecule is CCNC(=NCCC(=O)N1CCCC(C)C1)NC(C)CCS(C)(=O)=O. The van der Waals surface area contributed by atoms with Gasteiger partial charge in [-0.15, -0.1) is 0 Å². The van der Waals surface area contributed by atoms with Crippen molar-refractivity contribution in [2.24, 2.45) is 10.9 Å². The number of guanidine groups is 1. The van der Waals surface area contributed by atoms with Gasteiger partial charge < -0.3 is 15.5 Å². The van der Waals surface area contributed by atoms with Crippen molar-refractivity contribution in [3.05, 3.63) is 0 Å². The molecule has 1 aliphatic heterocycles. The van der Waals surface area contributed by atoms with E-state index in [-0.39, 0.29) is 17.7 Å². The Balaban J connectivity index is 2.44. The second-order valence-electron chi connectivity index (χ2n) is 7.06. The van der Waals surface area contributed by atoms with E-state index in [1.807, 2.05) is 18.7 Å². The first-order chi connectivity index (χ1) is 11.7. The Bertz CT molecular complexity index is 548. The van der Waals surface area contributed by atoms with E-state index >= 15 is 0 Å². The van der Waals surface area contributed by atoms with Gasteiger partial charge in [-0.05, 0) is 39.0 Å². The van der Waals surface area contributed by atoms with Crippen molar-refractivity contribution in [3.8, 4) is 0 Å². The zero-order chi connectivity index (χ0) is 18.9. The van der Waals surface area contributed by atoms with Crippen molar-refractivity contribution < 1.29 is 13.2 Å². The van der Waals surface area contributed by atoms with Crippen LogP contribution in [-0.2, 0) is 14.6 Å². The van der Waals surface area contributed by atoms with Crippen LogP contribution in [0.1, 0.15) is 46.5 Å². The monoisotopic (exact) mass is 374 g/mol. The van der Waals surface area contributed by atoms with Crippen molar-refractivity contribution in [1.29, 1.82) is 0 Å². The molecule has 0 bridgehead atoms. The van der Waals surface area contributed by atoms with Gasteiger partial charge in [0.15, 0.2) is 5.96 Å². The van der Waals surface area contributed by atoms with E-state index < -0.39 is 9.84 Å². The normalized spacial score (nSPS) is 20.2. The molecule has 1 saturated heterocycles. The molecule has 1 rings (SSSR count). The number of piperidine rings is 1. The maximum atomic E-state index is 12.3. The minimum Gasteiger partial charge on any atom is -0.357 e. The summed E-state index contributed by atoms with van der Waals surface area (Å²) in [5.74, 6) is 1.52. The highest BCUT2D eigenvalue weighted by Gasteiger charge is 2.20. The third kappa shape index (κ3) is 9.67. The number of amides is 1. The van der Waals surface area contributed by atoms with Gasteiger partial charge in [0.25, 0.3) is 0 Å². The van der Waals surface area contributed by atoms with E-state index in [9.17, 15) is 13.2 Å². The summed E-state index contributed by atoms with van der Waals surface area (Å²) >= 11 is 0. The number of rotatable bonds is 8. The predicted molar refractivity (Wildman–Crippen MR) is 102 cm³/mol. The van der Waals surface area contributed by atoms with Crippen LogP contribution in [0.25, 0.3) is 0 Å². The third-order valence-corrected chi connectivity index (χ3v) is 5.23. The number of aliphatic imine (C=N–C) groups is 1. The summed E-state index contributed by atoms with van der Waals surface area (Å²) in [4.78, 5) is 18.7. The topological polar surface area (TPSA) is 90.9 Å². The summed E-state index contributed by atoms with van der Waals surface area (Å²) in [6.45, 7) is 8.93. The van der Waals surface area contributed by atoms with Gasteiger partial charge in [-0.3, -0.25) is 9.79 Å². The number of nitrogens with zero attached hydrogens (tertiary/aromatic N) is 2. The number of likely N-dealkylation sites (tertiary alicyclic amines) is 1. The zero-order valence-corrected chi connectivity index (χ0v) is 16.9. The van der Waals surface area contributed by atoms with E-state index in [0.29, 0.717) is 37.8 Å². The van der Waals surface area contributed by atoms with Crippen LogP contribution in [0.3, 0.4) is 0 Å². The molecule has 0 aliphatic carbocycles. The molecule has 8 heteroatoms. The van der Waals surface area contributed by atoms with Crippen LogP contribution in [0.15, 0.2) is 4.99 Å². The average molecular weight is 375 g/mol. The van der Waals surface area contributed by atoms with Crippen LogP contribution in [0.5, 0.6) is 0 Å². The number of carbonyl (C=O) groups is 1. The molecule has 0 aromatic heterocycles. The number of hydrogen-bond acceptors (Lipinski definition) is 4. The molecular weight excluding hydrogens is 340 g/mol. The highest BCUT2D eigenvalue weighted by atomic mass is 32.2. The zero-order valence-electron chi connectivity index (χ0n) is 16.0. The standard InChI is InChI=1S/C17H34N4O3S/c1-5-18-17(20-15(3)9-12-25(4,23)24)19-10-8-16(22)21-11-6-7-14(2)13-21/h14-15H,5-13H2,1-4H3,(H2,18,19,20). The smallest absolute Gasteiger partial charge is 0.224 e. The average Bonchev–Trinajstić information content (AvgIpc) is 2.52. The Morgan fingerprint density at radius 1 is 1.40 bits per heavy atom. The largest absolute Gasteiger partial charge is 0.357 e. The molecule has 1 fully saturated rings. The van der Waals surface area contributed by atoms with Gasteiger partial charge in [-0.2, -0.15) is 0 Å². The molecule has 146 valence electrons. The molecule has 2 atom stereocenters. The van der Waals surface area contributed by atoms with Gasteiger partial charge in [0.2, 0.25) is 5.91 Å². The van der Waals surface area contributed by atoms with Gasteiger partial charge in [0.05, 0.1) is 12.3 Å². The third-order valence-electron chi connectivity index (χ3n) is 4.25. The fourth-order valence-electron chi connectivity index (χ4n) is 2.85. The van der Waals surface area contributed by atoms with Crippen molar-refractivity contribution in [2.45, 2.75) is 52.5 Å². The maximum Gasteiger partial charge on any atom is 0.224 e. The summed E-state index contributed by atoms with van der Waals surface area (Å²) < 4.78 is 22.5. The van der Waals surface area contributed by atoms with Crippen LogP contribution in [0.4, 0.5) is 0 Å².